The molecule has 16 heavy (non-hydrogen) atoms. The highest BCUT2D eigenvalue weighted by atomic mass is 16.7. The first-order valence-electron chi connectivity index (χ1n) is 6.22. The molecule has 0 spiro atoms. The predicted octanol–water partition coefficient (Wildman–Crippen LogP) is 1.74. The van der Waals surface area contributed by atoms with E-state index in [0.29, 0.717) is 6.73 Å². The molecule has 0 aliphatic heterocycles. The fraction of sp³-hybridized carbons (Fsp3) is 1.00. The molecule has 0 aliphatic carbocycles. The molecule has 0 atom stereocenters. The van der Waals surface area contributed by atoms with E-state index in [1.807, 2.05) is 19.2 Å². The van der Waals surface area contributed by atoms with Gasteiger partial charge < -0.3 is 4.90 Å². The van der Waals surface area contributed by atoms with Crippen LogP contribution in [-0.4, -0.2) is 68.9 Å². The van der Waals surface area contributed by atoms with E-state index in [2.05, 4.69) is 44.5 Å². The average molecular weight is 233 g/mol. The maximum absolute atomic E-state index is 5.30. The Bertz CT molecular complexity index is 119. The minimum absolute atomic E-state index is 0.681. The molecule has 4 heteroatoms. The molecule has 100 valence electrons. The lowest BCUT2D eigenvalue weighted by Gasteiger charge is -2.19. The summed E-state index contributed by atoms with van der Waals surface area (Å²) < 4.78 is 0. The third kappa shape index (κ3) is 13.8. The van der Waals surface area contributed by atoms with Crippen molar-refractivity contribution in [3.63, 3.8) is 0 Å². The number of rotatable bonds is 7. The summed E-state index contributed by atoms with van der Waals surface area (Å²) in [5.74, 6) is 0. The molecule has 0 aliphatic rings. The summed E-state index contributed by atoms with van der Waals surface area (Å²) >= 11 is 0. The molecule has 0 unspecified atom stereocenters. The second-order valence-corrected chi connectivity index (χ2v) is 3.86. The van der Waals surface area contributed by atoms with Crippen LogP contribution in [0.3, 0.4) is 0 Å². The Labute approximate surface area is 102 Å². The van der Waals surface area contributed by atoms with Crippen molar-refractivity contribution >= 4 is 0 Å². The Kier molecular flexibility index (Phi) is 14.7. The van der Waals surface area contributed by atoms with Crippen LogP contribution in [0.5, 0.6) is 0 Å². The van der Waals surface area contributed by atoms with E-state index in [-0.39, 0.29) is 0 Å². The Morgan fingerprint density at radius 1 is 0.688 bits per heavy atom. The zero-order valence-electron chi connectivity index (χ0n) is 12.3. The van der Waals surface area contributed by atoms with Gasteiger partial charge >= 0.3 is 0 Å². The van der Waals surface area contributed by atoms with Crippen molar-refractivity contribution < 1.29 is 4.84 Å². The van der Waals surface area contributed by atoms with Gasteiger partial charge in [0.15, 0.2) is 0 Å². The monoisotopic (exact) mass is 233 g/mol. The molecule has 0 fully saturated rings. The lowest BCUT2D eigenvalue weighted by molar-refractivity contribution is -0.168. The number of hydrogen-bond acceptors (Lipinski definition) is 4. The second kappa shape index (κ2) is 12.9. The first kappa shape index (κ1) is 18.2. The summed E-state index contributed by atoms with van der Waals surface area (Å²) in [6, 6.07) is 0. The third-order valence-corrected chi connectivity index (χ3v) is 2.56. The van der Waals surface area contributed by atoms with Crippen molar-refractivity contribution in [2.75, 3.05) is 54.1 Å². The molecule has 0 aromatic heterocycles. The molecule has 0 saturated heterocycles. The van der Waals surface area contributed by atoms with E-state index in [1.165, 1.54) is 0 Å². The van der Waals surface area contributed by atoms with E-state index in [0.717, 1.165) is 26.2 Å². The van der Waals surface area contributed by atoms with Gasteiger partial charge in [-0.3, -0.25) is 9.74 Å². The van der Waals surface area contributed by atoms with Crippen LogP contribution >= 0.6 is 0 Å². The molecule has 0 N–H and O–H groups in total. The summed E-state index contributed by atoms with van der Waals surface area (Å²) in [6.07, 6.45) is 0. The number of nitrogens with zero attached hydrogens (tertiary/aromatic N) is 3. The Balaban J connectivity index is 0. The van der Waals surface area contributed by atoms with Crippen molar-refractivity contribution in [3.8, 4) is 0 Å². The van der Waals surface area contributed by atoms with Gasteiger partial charge in [0.25, 0.3) is 0 Å². The minimum atomic E-state index is 0.681. The van der Waals surface area contributed by atoms with Crippen molar-refractivity contribution in [1.29, 1.82) is 0 Å². The molecule has 0 aromatic rings. The van der Waals surface area contributed by atoms with Gasteiger partial charge in [-0.1, -0.05) is 27.7 Å². The second-order valence-electron chi connectivity index (χ2n) is 3.86. The van der Waals surface area contributed by atoms with Gasteiger partial charge in [-0.2, -0.15) is 5.06 Å². The van der Waals surface area contributed by atoms with Crippen LogP contribution in [0.2, 0.25) is 0 Å². The van der Waals surface area contributed by atoms with E-state index in [4.69, 9.17) is 4.84 Å². The fourth-order valence-corrected chi connectivity index (χ4v) is 0.603. The summed E-state index contributed by atoms with van der Waals surface area (Å²) in [7, 11) is 6.08. The predicted molar refractivity (Wildman–Crippen MR) is 71.4 cm³/mol. The quantitative estimate of drug-likeness (QED) is 0.492. The van der Waals surface area contributed by atoms with E-state index >= 15 is 0 Å². The summed E-state index contributed by atoms with van der Waals surface area (Å²) in [5, 5.41) is 1.83. The molecule has 0 bridgehead atoms. The fourth-order valence-electron chi connectivity index (χ4n) is 0.603. The van der Waals surface area contributed by atoms with Gasteiger partial charge in [0.2, 0.25) is 0 Å². The van der Waals surface area contributed by atoms with Crippen molar-refractivity contribution in [2.45, 2.75) is 27.7 Å². The van der Waals surface area contributed by atoms with Crippen LogP contribution in [-0.2, 0) is 4.84 Å². The number of hydrogen-bond donors (Lipinski definition) is 0. The van der Waals surface area contributed by atoms with Crippen LogP contribution in [0, 0.1) is 0 Å². The highest BCUT2D eigenvalue weighted by molar-refractivity contribution is 4.36. The maximum atomic E-state index is 5.30. The Hall–Kier alpha value is -0.160. The van der Waals surface area contributed by atoms with Crippen molar-refractivity contribution in [3.05, 3.63) is 0 Å². The first-order valence-corrected chi connectivity index (χ1v) is 6.22. The zero-order chi connectivity index (χ0) is 13.0. The third-order valence-electron chi connectivity index (χ3n) is 2.56. The number of hydroxylamine groups is 2. The molecule has 0 saturated carbocycles. The topological polar surface area (TPSA) is 19.0 Å². The molecule has 0 amide bonds. The minimum Gasteiger partial charge on any atom is -0.307 e. The highest BCUT2D eigenvalue weighted by Gasteiger charge is 1.96. The van der Waals surface area contributed by atoms with Gasteiger partial charge in [-0.05, 0) is 33.7 Å². The average Bonchev–Trinajstić information content (AvgIpc) is 2.34. The first-order chi connectivity index (χ1) is 7.51. The Morgan fingerprint density at radius 3 is 1.38 bits per heavy atom. The summed E-state index contributed by atoms with van der Waals surface area (Å²) in [6.45, 7) is 13.4. The van der Waals surface area contributed by atoms with E-state index in [9.17, 15) is 0 Å². The van der Waals surface area contributed by atoms with Crippen LogP contribution in [0.25, 0.3) is 0 Å². The molecular weight excluding hydrogens is 202 g/mol. The van der Waals surface area contributed by atoms with Crippen LogP contribution in [0.1, 0.15) is 27.7 Å². The van der Waals surface area contributed by atoms with Crippen molar-refractivity contribution in [1.82, 2.24) is 14.9 Å². The standard InChI is InChI=1S/C7H18N2O.C5H13N/c1-5-8(3)7-10-9(4)6-2;1-4-6(3)5-2/h5-7H2,1-4H3;4-5H2,1-3H3. The smallest absolute Gasteiger partial charge is 0.121 e. The maximum Gasteiger partial charge on any atom is 0.121 e. The summed E-state index contributed by atoms with van der Waals surface area (Å²) in [4.78, 5) is 9.66. The Morgan fingerprint density at radius 2 is 1.12 bits per heavy atom. The van der Waals surface area contributed by atoms with Crippen molar-refractivity contribution in [2.24, 2.45) is 0 Å². The van der Waals surface area contributed by atoms with Gasteiger partial charge in [0, 0.05) is 13.6 Å². The van der Waals surface area contributed by atoms with Gasteiger partial charge in [0.05, 0.1) is 0 Å². The van der Waals surface area contributed by atoms with Crippen LogP contribution < -0.4 is 0 Å². The molecule has 4 nitrogen and oxygen atoms in total. The van der Waals surface area contributed by atoms with Crippen LogP contribution in [0.15, 0.2) is 0 Å². The lowest BCUT2D eigenvalue weighted by atomic mass is 10.6. The van der Waals surface area contributed by atoms with Gasteiger partial charge in [0.1, 0.15) is 6.73 Å². The molecular formula is C12H31N3O. The van der Waals surface area contributed by atoms with E-state index in [1.54, 1.807) is 0 Å². The SMILES string of the molecule is CCN(C)CC.CCN(C)CON(C)CC. The molecule has 0 rings (SSSR count). The molecule has 0 heterocycles. The van der Waals surface area contributed by atoms with Gasteiger partial charge in [-0.15, -0.1) is 0 Å². The van der Waals surface area contributed by atoms with Gasteiger partial charge in [-0.25, -0.2) is 0 Å². The largest absolute Gasteiger partial charge is 0.307 e. The summed E-state index contributed by atoms with van der Waals surface area (Å²) in [5.41, 5.74) is 0. The highest BCUT2D eigenvalue weighted by Crippen LogP contribution is 1.86. The zero-order valence-corrected chi connectivity index (χ0v) is 12.3. The van der Waals surface area contributed by atoms with Crippen LogP contribution in [0.4, 0.5) is 0 Å². The van der Waals surface area contributed by atoms with E-state index < -0.39 is 0 Å². The molecule has 0 aromatic carbocycles. The normalized spacial score (nSPS) is 10.9. The molecule has 0 radical (unpaired) electrons. The lowest BCUT2D eigenvalue weighted by Crippen LogP contribution is -2.28.